The zero-order valence-corrected chi connectivity index (χ0v) is 43.6. The van der Waals surface area contributed by atoms with E-state index in [2.05, 4.69) is 21.3 Å². The maximum absolute atomic E-state index is 12.3. The number of amides is 2. The van der Waals surface area contributed by atoms with Crippen molar-refractivity contribution in [3.63, 3.8) is 0 Å². The molecule has 0 heterocycles. The number of ether oxygens (including phenoxy) is 1. The van der Waals surface area contributed by atoms with Gasteiger partial charge >= 0.3 is 11.9 Å². The highest BCUT2D eigenvalue weighted by Gasteiger charge is 2.30. The highest BCUT2D eigenvalue weighted by molar-refractivity contribution is 14.1. The molecule has 0 aliphatic rings. The fraction of sp³-hybridized carbons (Fsp3) is 0.500. The van der Waals surface area contributed by atoms with Gasteiger partial charge in [0.1, 0.15) is 49.8 Å². The predicted molar refractivity (Wildman–Crippen MR) is 261 cm³/mol. The Hall–Kier alpha value is 0.180. The van der Waals surface area contributed by atoms with Gasteiger partial charge in [0.15, 0.2) is 0 Å². The largest absolute Gasteiger partial charge is 0.478 e. The topological polar surface area (TPSA) is 368 Å². The van der Waals surface area contributed by atoms with E-state index in [0.29, 0.717) is 32.8 Å². The fourth-order valence-electron chi connectivity index (χ4n) is 4.18. The van der Waals surface area contributed by atoms with Gasteiger partial charge in [-0.25, -0.2) is 9.59 Å². The number of aliphatic hydroxyl groups excluding tert-OH is 10. The molecule has 21 nitrogen and oxygen atoms in total. The van der Waals surface area contributed by atoms with Crippen LogP contribution in [0.1, 0.15) is 20.7 Å². The first-order valence-electron chi connectivity index (χ1n) is 16.4. The van der Waals surface area contributed by atoms with E-state index in [4.69, 9.17) is 45.6 Å². The molecule has 2 rings (SSSR count). The minimum absolute atomic E-state index is 0.0923. The molecule has 0 bridgehead atoms. The molecule has 0 spiro atoms. The number of nitrogens with one attached hydrogen (secondary N) is 4. The van der Waals surface area contributed by atoms with Gasteiger partial charge in [0.2, 0.25) is 11.8 Å². The summed E-state index contributed by atoms with van der Waals surface area (Å²) in [7, 11) is 3.15. The molecule has 336 valence electrons. The quantitative estimate of drug-likeness (QED) is 0.0677. The first-order chi connectivity index (χ1) is 27.4. The van der Waals surface area contributed by atoms with E-state index in [9.17, 15) is 39.6 Å². The van der Waals surface area contributed by atoms with Crippen LogP contribution in [0.25, 0.3) is 0 Å². The number of likely N-dealkylation sites (N-methyl/N-ethyl adjacent to an activating group) is 2. The summed E-state index contributed by atoms with van der Waals surface area (Å²) in [6.07, 6.45) is -11.3. The van der Waals surface area contributed by atoms with Gasteiger partial charge in [0.25, 0.3) is 0 Å². The summed E-state index contributed by atoms with van der Waals surface area (Å²) in [6, 6.07) is 3.29. The number of hydrogen-bond acceptors (Lipinski definition) is 17. The van der Waals surface area contributed by atoms with Crippen LogP contribution in [0.4, 0.5) is 11.4 Å². The number of anilines is 2. The van der Waals surface area contributed by atoms with Crippen LogP contribution in [0.3, 0.4) is 0 Å². The Bertz CT molecular complexity index is 1580. The second-order valence-corrected chi connectivity index (χ2v) is 18.5. The van der Waals surface area contributed by atoms with Crippen molar-refractivity contribution in [3.05, 3.63) is 44.7 Å². The van der Waals surface area contributed by atoms with Gasteiger partial charge in [0, 0.05) is 27.4 Å². The third-order valence-electron chi connectivity index (χ3n) is 7.24. The first-order valence-corrected chi connectivity index (χ1v) is 22.8. The SMILES string of the molecule is CNC[C@H](O)[C@@H](O)[C@H](O)[C@H](O)CO.CNC[C@H](O)[C@@H](O)[C@H](O)[C@H](O)CO.O=C(COCC(=O)Nc1c(I)cc(I)c(C(=O)O)c1I)Nc1c(I)cc(I)c(C(=O)O)c1I. The Balaban J connectivity index is 0.00000106. The maximum Gasteiger partial charge on any atom is 0.337 e. The van der Waals surface area contributed by atoms with Crippen LogP contribution in [0.2, 0.25) is 0 Å². The van der Waals surface area contributed by atoms with E-state index in [-0.39, 0.29) is 24.2 Å². The zero-order chi connectivity index (χ0) is 45.9. The van der Waals surface area contributed by atoms with Crippen LogP contribution in [-0.4, -0.2) is 187 Å². The third-order valence-corrected chi connectivity index (χ3v) is 12.8. The second-order valence-electron chi connectivity index (χ2n) is 11.7. The van der Waals surface area contributed by atoms with Crippen molar-refractivity contribution in [1.29, 1.82) is 0 Å². The maximum atomic E-state index is 12.3. The van der Waals surface area contributed by atoms with Gasteiger partial charge in [-0.05, 0) is 162 Å². The fourth-order valence-corrected chi connectivity index (χ4v) is 12.4. The molecule has 59 heavy (non-hydrogen) atoms. The number of aliphatic hydroxyl groups is 10. The number of benzene rings is 2. The average molecular weight is 1520 g/mol. The Kier molecular flexibility index (Phi) is 30.4. The van der Waals surface area contributed by atoms with E-state index >= 15 is 0 Å². The van der Waals surface area contributed by atoms with Crippen molar-refractivity contribution in [3.8, 4) is 0 Å². The van der Waals surface area contributed by atoms with Crippen LogP contribution < -0.4 is 21.3 Å². The Morgan fingerprint density at radius 1 is 0.542 bits per heavy atom. The number of aromatic carboxylic acids is 2. The summed E-state index contributed by atoms with van der Waals surface area (Å²) >= 11 is 11.6. The summed E-state index contributed by atoms with van der Waals surface area (Å²) in [4.78, 5) is 47.6. The van der Waals surface area contributed by atoms with Crippen molar-refractivity contribution >= 4 is 171 Å². The van der Waals surface area contributed by atoms with Gasteiger partial charge < -0.3 is 87.3 Å². The smallest absolute Gasteiger partial charge is 0.337 e. The number of carbonyl (C=O) groups is 4. The van der Waals surface area contributed by atoms with Gasteiger partial charge in [-0.15, -0.1) is 0 Å². The molecule has 2 aromatic carbocycles. The predicted octanol–water partition coefficient (Wildman–Crippen LogP) is -1.41. The molecule has 8 atom stereocenters. The van der Waals surface area contributed by atoms with Crippen LogP contribution >= 0.6 is 136 Å². The lowest BCUT2D eigenvalue weighted by Gasteiger charge is -2.25. The lowest BCUT2D eigenvalue weighted by Crippen LogP contribution is -2.48. The molecule has 2 amide bonds. The monoisotopic (exact) mass is 1520 g/mol. The van der Waals surface area contributed by atoms with E-state index in [1.807, 2.05) is 136 Å². The van der Waals surface area contributed by atoms with E-state index in [1.165, 1.54) is 0 Å². The van der Waals surface area contributed by atoms with E-state index in [0.717, 1.165) is 0 Å². The number of carboxylic acid groups (broad SMARTS) is 2. The molecule has 0 aromatic heterocycles. The molecule has 0 aliphatic carbocycles. The lowest BCUT2D eigenvalue weighted by molar-refractivity contribution is -0.125. The van der Waals surface area contributed by atoms with Crippen LogP contribution in [-0.2, 0) is 14.3 Å². The summed E-state index contributed by atoms with van der Waals surface area (Å²) in [6.45, 7) is -2.01. The molecule has 27 heteroatoms. The number of carbonyl (C=O) groups excluding carboxylic acids is 2. The third kappa shape index (κ3) is 19.9. The van der Waals surface area contributed by atoms with Crippen LogP contribution in [0.15, 0.2) is 12.1 Å². The number of hydrogen-bond donors (Lipinski definition) is 16. The molecular weight excluding hydrogens is 1470 g/mol. The Morgan fingerprint density at radius 3 is 1.08 bits per heavy atom. The molecule has 0 unspecified atom stereocenters. The lowest BCUT2D eigenvalue weighted by atomic mass is 10.0. The minimum atomic E-state index is -1.55. The highest BCUT2D eigenvalue weighted by Crippen LogP contribution is 2.33. The van der Waals surface area contributed by atoms with Crippen LogP contribution in [0, 0.1) is 21.4 Å². The van der Waals surface area contributed by atoms with E-state index < -0.39 is 99.0 Å². The van der Waals surface area contributed by atoms with Crippen molar-refractivity contribution in [2.75, 3.05) is 64.2 Å². The molecule has 2 aromatic rings. The van der Waals surface area contributed by atoms with Crippen LogP contribution in [0.5, 0.6) is 0 Å². The number of rotatable bonds is 20. The molecule has 0 radical (unpaired) electrons. The van der Waals surface area contributed by atoms with Gasteiger partial charge in [-0.2, -0.15) is 0 Å². The summed E-state index contributed by atoms with van der Waals surface area (Å²) < 4.78 is 8.39. The van der Waals surface area contributed by atoms with E-state index in [1.54, 1.807) is 26.2 Å². The molecule has 0 saturated heterocycles. The average Bonchev–Trinajstić information content (AvgIpc) is 3.16. The normalized spacial score (nSPS) is 15.1. The second kappa shape index (κ2) is 30.3. The Morgan fingerprint density at radius 2 is 0.831 bits per heavy atom. The van der Waals surface area contributed by atoms with Crippen molar-refractivity contribution in [2.45, 2.75) is 48.8 Å². The first kappa shape index (κ1) is 59.2. The summed E-state index contributed by atoms with van der Waals surface area (Å²) in [5.41, 5.74) is 0.900. The van der Waals surface area contributed by atoms with Gasteiger partial charge in [0.05, 0.1) is 55.1 Å². The standard InChI is InChI=1S/C18H10I6N2O7.2C7H17NO5/c19-5-1-7(21)15(13(23)11(5)17(29)30)25-9(27)3-33-4-10(28)26-16-8(22)2-6(20)12(14(16)24)18(31)32;2*1-8-2-4(10)6(12)7(13)5(11)3-9/h1-2H,3-4H2,(H,25,27)(H,26,28)(H,29,30)(H,31,32);2*4-13H,2-3H2,1H3/t;2*4-,5+,6+,7+/m.00/s1. The van der Waals surface area contributed by atoms with Crippen molar-refractivity contribution < 1.29 is 85.2 Å². The summed E-state index contributed by atoms with van der Waals surface area (Å²) in [5.74, 6) is -3.31. The summed E-state index contributed by atoms with van der Waals surface area (Å²) in [5, 5.41) is 119. The molecule has 0 fully saturated rings. The van der Waals surface area contributed by atoms with Crippen molar-refractivity contribution in [1.82, 2.24) is 10.6 Å². The molecule has 0 saturated carbocycles. The highest BCUT2D eigenvalue weighted by atomic mass is 127. The number of carboxylic acids is 2. The molecular formula is C32H44I6N4O17. The molecule has 0 aliphatic heterocycles. The molecule has 16 N–H and O–H groups in total. The minimum Gasteiger partial charge on any atom is -0.478 e. The zero-order valence-electron chi connectivity index (χ0n) is 30.7. The van der Waals surface area contributed by atoms with Gasteiger partial charge in [-0.3, -0.25) is 9.59 Å². The number of halogens is 6. The van der Waals surface area contributed by atoms with Crippen molar-refractivity contribution in [2.24, 2.45) is 0 Å². The Labute approximate surface area is 419 Å². The van der Waals surface area contributed by atoms with Gasteiger partial charge in [-0.1, -0.05) is 0 Å².